The van der Waals surface area contributed by atoms with Crippen molar-refractivity contribution in [2.45, 2.75) is 12.8 Å². The van der Waals surface area contributed by atoms with Gasteiger partial charge in [0, 0.05) is 44.5 Å². The van der Waals surface area contributed by atoms with E-state index in [9.17, 15) is 0 Å². The number of hydrogen-bond acceptors (Lipinski definition) is 4. The highest BCUT2D eigenvalue weighted by Gasteiger charge is 2.08. The molecule has 0 radical (unpaired) electrons. The van der Waals surface area contributed by atoms with Gasteiger partial charge in [0.1, 0.15) is 5.75 Å². The number of methoxy groups -OCH3 is 1. The maximum absolute atomic E-state index is 5.41. The van der Waals surface area contributed by atoms with E-state index >= 15 is 0 Å². The summed E-state index contributed by atoms with van der Waals surface area (Å²) in [6.45, 7) is 2.13. The number of nitrogens with zero attached hydrogens (tertiary/aromatic N) is 3. The summed E-state index contributed by atoms with van der Waals surface area (Å²) < 4.78 is 5.41. The van der Waals surface area contributed by atoms with Gasteiger partial charge in [0.2, 0.25) is 0 Å². The largest absolute Gasteiger partial charge is 0.496 e. The molecule has 1 saturated heterocycles. The standard InChI is InChI=1S/C14H21N3O/c1-16(2)13-7-6-12(14(10-13)18-3)11-15-17-8-4-5-9-17/h6-7,10-11H,4-5,8-9H2,1-3H3. The minimum atomic E-state index is 0.865. The number of hydrazone groups is 1. The van der Waals surface area contributed by atoms with Crippen molar-refractivity contribution < 1.29 is 4.74 Å². The van der Waals surface area contributed by atoms with Gasteiger partial charge in [-0.2, -0.15) is 5.10 Å². The Morgan fingerprint density at radius 1 is 1.28 bits per heavy atom. The van der Waals surface area contributed by atoms with Crippen LogP contribution in [-0.2, 0) is 0 Å². The lowest BCUT2D eigenvalue weighted by molar-refractivity contribution is 0.362. The lowest BCUT2D eigenvalue weighted by Crippen LogP contribution is -2.12. The van der Waals surface area contributed by atoms with Gasteiger partial charge in [-0.15, -0.1) is 0 Å². The van der Waals surface area contributed by atoms with E-state index in [-0.39, 0.29) is 0 Å². The molecule has 1 heterocycles. The normalized spacial score (nSPS) is 15.4. The molecular formula is C14H21N3O. The van der Waals surface area contributed by atoms with Gasteiger partial charge in [-0.25, -0.2) is 0 Å². The Hall–Kier alpha value is -1.71. The maximum atomic E-state index is 5.41. The van der Waals surface area contributed by atoms with Crippen molar-refractivity contribution in [1.82, 2.24) is 5.01 Å². The highest BCUT2D eigenvalue weighted by Crippen LogP contribution is 2.23. The molecule has 0 N–H and O–H groups in total. The van der Waals surface area contributed by atoms with Crippen molar-refractivity contribution in [3.05, 3.63) is 23.8 Å². The average molecular weight is 247 g/mol. The molecule has 0 spiro atoms. The van der Waals surface area contributed by atoms with Crippen LogP contribution in [0.3, 0.4) is 0 Å². The van der Waals surface area contributed by atoms with E-state index in [1.54, 1.807) is 7.11 Å². The predicted molar refractivity (Wildman–Crippen MR) is 75.7 cm³/mol. The second kappa shape index (κ2) is 5.76. The molecule has 2 rings (SSSR count). The first-order valence-corrected chi connectivity index (χ1v) is 6.35. The van der Waals surface area contributed by atoms with E-state index in [1.165, 1.54) is 12.8 Å². The SMILES string of the molecule is COc1cc(N(C)C)ccc1C=NN1CCCC1. The first-order chi connectivity index (χ1) is 8.70. The van der Waals surface area contributed by atoms with E-state index in [0.717, 1.165) is 30.1 Å². The van der Waals surface area contributed by atoms with E-state index in [0.29, 0.717) is 0 Å². The Bertz CT molecular complexity index is 423. The molecule has 0 bridgehead atoms. The number of ether oxygens (including phenoxy) is 1. The highest BCUT2D eigenvalue weighted by molar-refractivity contribution is 5.84. The zero-order valence-corrected chi connectivity index (χ0v) is 11.4. The van der Waals surface area contributed by atoms with Crippen molar-refractivity contribution in [3.8, 4) is 5.75 Å². The number of rotatable bonds is 4. The summed E-state index contributed by atoms with van der Waals surface area (Å²) in [5, 5.41) is 6.60. The predicted octanol–water partition coefficient (Wildman–Crippen LogP) is 2.19. The van der Waals surface area contributed by atoms with Crippen LogP contribution in [0, 0.1) is 0 Å². The molecule has 18 heavy (non-hydrogen) atoms. The van der Waals surface area contributed by atoms with Crippen LogP contribution < -0.4 is 9.64 Å². The first kappa shape index (κ1) is 12.7. The Balaban J connectivity index is 2.16. The molecule has 1 aliphatic heterocycles. The molecule has 1 aliphatic rings. The van der Waals surface area contributed by atoms with Crippen LogP contribution in [0.2, 0.25) is 0 Å². The second-order valence-electron chi connectivity index (χ2n) is 4.73. The van der Waals surface area contributed by atoms with Crippen LogP contribution in [0.25, 0.3) is 0 Å². The van der Waals surface area contributed by atoms with Crippen LogP contribution in [0.4, 0.5) is 5.69 Å². The lowest BCUT2D eigenvalue weighted by Gasteiger charge is -2.15. The minimum absolute atomic E-state index is 0.865. The number of anilines is 1. The van der Waals surface area contributed by atoms with E-state index < -0.39 is 0 Å². The van der Waals surface area contributed by atoms with E-state index in [1.807, 2.05) is 32.4 Å². The fourth-order valence-electron chi connectivity index (χ4n) is 2.04. The van der Waals surface area contributed by atoms with Crippen molar-refractivity contribution in [2.24, 2.45) is 5.10 Å². The van der Waals surface area contributed by atoms with Gasteiger partial charge in [0.05, 0.1) is 13.3 Å². The van der Waals surface area contributed by atoms with Gasteiger partial charge in [-0.1, -0.05) is 0 Å². The first-order valence-electron chi connectivity index (χ1n) is 6.35. The van der Waals surface area contributed by atoms with Gasteiger partial charge in [-0.05, 0) is 25.0 Å². The van der Waals surface area contributed by atoms with Crippen molar-refractivity contribution in [2.75, 3.05) is 39.2 Å². The Labute approximate surface area is 109 Å². The van der Waals surface area contributed by atoms with Crippen molar-refractivity contribution in [1.29, 1.82) is 0 Å². The van der Waals surface area contributed by atoms with Gasteiger partial charge in [0.25, 0.3) is 0 Å². The fraction of sp³-hybridized carbons (Fsp3) is 0.500. The molecule has 0 aliphatic carbocycles. The highest BCUT2D eigenvalue weighted by atomic mass is 16.5. The summed E-state index contributed by atoms with van der Waals surface area (Å²) >= 11 is 0. The van der Waals surface area contributed by atoms with Gasteiger partial charge >= 0.3 is 0 Å². The molecule has 4 heteroatoms. The second-order valence-corrected chi connectivity index (χ2v) is 4.73. The molecule has 0 unspecified atom stereocenters. The molecule has 98 valence electrons. The third-order valence-corrected chi connectivity index (χ3v) is 3.18. The van der Waals surface area contributed by atoms with E-state index in [2.05, 4.69) is 21.1 Å². The van der Waals surface area contributed by atoms with Crippen molar-refractivity contribution in [3.63, 3.8) is 0 Å². The molecule has 0 aromatic heterocycles. The molecular weight excluding hydrogens is 226 g/mol. The molecule has 0 atom stereocenters. The molecule has 1 fully saturated rings. The Morgan fingerprint density at radius 2 is 2.00 bits per heavy atom. The summed E-state index contributed by atoms with van der Waals surface area (Å²) in [5.41, 5.74) is 2.15. The summed E-state index contributed by atoms with van der Waals surface area (Å²) in [6.07, 6.45) is 4.38. The quantitative estimate of drug-likeness (QED) is 0.763. The van der Waals surface area contributed by atoms with Crippen molar-refractivity contribution >= 4 is 11.9 Å². The Morgan fingerprint density at radius 3 is 2.61 bits per heavy atom. The topological polar surface area (TPSA) is 28.1 Å². The monoisotopic (exact) mass is 247 g/mol. The molecule has 1 aromatic rings. The maximum Gasteiger partial charge on any atom is 0.129 e. The van der Waals surface area contributed by atoms with Crippen LogP contribution >= 0.6 is 0 Å². The third-order valence-electron chi connectivity index (χ3n) is 3.18. The average Bonchev–Trinajstić information content (AvgIpc) is 2.89. The van der Waals surface area contributed by atoms with Crippen LogP contribution in [0.15, 0.2) is 23.3 Å². The smallest absolute Gasteiger partial charge is 0.129 e. The zero-order valence-electron chi connectivity index (χ0n) is 11.4. The molecule has 0 amide bonds. The lowest BCUT2D eigenvalue weighted by atomic mass is 10.2. The Kier molecular flexibility index (Phi) is 4.07. The molecule has 4 nitrogen and oxygen atoms in total. The van der Waals surface area contributed by atoms with Gasteiger partial charge < -0.3 is 9.64 Å². The third kappa shape index (κ3) is 2.94. The zero-order chi connectivity index (χ0) is 13.0. The summed E-state index contributed by atoms with van der Waals surface area (Å²) in [6, 6.07) is 6.16. The summed E-state index contributed by atoms with van der Waals surface area (Å²) in [7, 11) is 5.74. The summed E-state index contributed by atoms with van der Waals surface area (Å²) in [5.74, 6) is 0.865. The van der Waals surface area contributed by atoms with Crippen LogP contribution in [-0.4, -0.2) is 45.5 Å². The van der Waals surface area contributed by atoms with Gasteiger partial charge in [0.15, 0.2) is 0 Å². The molecule has 0 saturated carbocycles. The fourth-order valence-corrected chi connectivity index (χ4v) is 2.04. The summed E-state index contributed by atoms with van der Waals surface area (Å²) in [4.78, 5) is 2.06. The minimum Gasteiger partial charge on any atom is -0.496 e. The van der Waals surface area contributed by atoms with E-state index in [4.69, 9.17) is 4.74 Å². The number of hydrogen-bond donors (Lipinski definition) is 0. The molecule has 1 aromatic carbocycles. The number of benzene rings is 1. The van der Waals surface area contributed by atoms with Gasteiger partial charge in [-0.3, -0.25) is 5.01 Å². The van der Waals surface area contributed by atoms with Crippen LogP contribution in [0.1, 0.15) is 18.4 Å². The van der Waals surface area contributed by atoms with Crippen LogP contribution in [0.5, 0.6) is 5.75 Å².